The molecule has 0 radical (unpaired) electrons. The van der Waals surface area contributed by atoms with Crippen molar-refractivity contribution in [3.05, 3.63) is 155 Å². The van der Waals surface area contributed by atoms with E-state index in [-0.39, 0.29) is 17.3 Å². The second-order valence-corrected chi connectivity index (χ2v) is 9.14. The molecule has 0 aliphatic carbocycles. The Hall–Kier alpha value is -5.03. The van der Waals surface area contributed by atoms with Gasteiger partial charge in [0.25, 0.3) is 0 Å². The van der Waals surface area contributed by atoms with Crippen molar-refractivity contribution >= 4 is 17.3 Å². The van der Waals surface area contributed by atoms with E-state index >= 15 is 0 Å². The standard InChI is InChI=1S/C34H22F2O3/c1-21(37)32-20-28(22-2-6-24(7-3-22)33(38)26-10-15-29(35)16-11-26)14-19-31(32)23-4-8-25(9-5-23)34(39)27-12-17-30(36)18-13-27/h2-20H,1H3. The molecule has 0 atom stereocenters. The van der Waals surface area contributed by atoms with E-state index in [1.54, 1.807) is 36.4 Å². The maximum atomic E-state index is 13.2. The SMILES string of the molecule is CC(=O)c1cc(-c2ccc(C(=O)c3ccc(F)cc3)cc2)ccc1-c1ccc(C(=O)c2ccc(F)cc2)cc1. The number of halogens is 2. The summed E-state index contributed by atoms with van der Waals surface area (Å²) in [4.78, 5) is 38.0. The molecule has 0 heterocycles. The van der Waals surface area contributed by atoms with Crippen LogP contribution in [0.15, 0.2) is 115 Å². The van der Waals surface area contributed by atoms with Gasteiger partial charge in [-0.1, -0.05) is 60.7 Å². The zero-order valence-electron chi connectivity index (χ0n) is 21.0. The first-order chi connectivity index (χ1) is 18.8. The number of carbonyl (C=O) groups excluding carboxylic acids is 3. The minimum Gasteiger partial charge on any atom is -0.294 e. The van der Waals surface area contributed by atoms with Crippen LogP contribution in [0.3, 0.4) is 0 Å². The molecule has 0 aliphatic heterocycles. The van der Waals surface area contributed by atoms with Crippen LogP contribution in [-0.4, -0.2) is 17.3 Å². The molecular weight excluding hydrogens is 494 g/mol. The molecule has 0 spiro atoms. The third kappa shape index (κ3) is 5.48. The predicted molar refractivity (Wildman–Crippen MR) is 147 cm³/mol. The topological polar surface area (TPSA) is 51.2 Å². The van der Waals surface area contributed by atoms with Crippen LogP contribution in [0.2, 0.25) is 0 Å². The van der Waals surface area contributed by atoms with Crippen LogP contribution in [0.4, 0.5) is 8.78 Å². The molecule has 5 heteroatoms. The quantitative estimate of drug-likeness (QED) is 0.206. The Kier molecular flexibility index (Phi) is 7.06. The predicted octanol–water partition coefficient (Wildman–Crippen LogP) is 7.96. The molecular formula is C34H22F2O3. The fraction of sp³-hybridized carbons (Fsp3) is 0.0294. The van der Waals surface area contributed by atoms with Gasteiger partial charge < -0.3 is 0 Å². The summed E-state index contributed by atoms with van der Waals surface area (Å²) in [5, 5.41) is 0. The minimum atomic E-state index is -0.406. The van der Waals surface area contributed by atoms with Gasteiger partial charge in [0.05, 0.1) is 0 Å². The first kappa shape index (κ1) is 25.6. The van der Waals surface area contributed by atoms with Crippen molar-refractivity contribution in [3.63, 3.8) is 0 Å². The molecule has 0 saturated carbocycles. The van der Waals surface area contributed by atoms with Crippen LogP contribution in [0.5, 0.6) is 0 Å². The summed E-state index contributed by atoms with van der Waals surface area (Å²) in [7, 11) is 0. The second kappa shape index (κ2) is 10.8. The number of benzene rings is 5. The summed E-state index contributed by atoms with van der Waals surface area (Å²) >= 11 is 0. The summed E-state index contributed by atoms with van der Waals surface area (Å²) in [5.41, 5.74) is 5.41. The van der Waals surface area contributed by atoms with Gasteiger partial charge in [-0.3, -0.25) is 14.4 Å². The number of Topliss-reactive ketones (excluding diaryl/α,β-unsaturated/α-hetero) is 1. The number of rotatable bonds is 7. The Morgan fingerprint density at radius 1 is 0.462 bits per heavy atom. The Labute approximate surface area is 224 Å². The lowest BCUT2D eigenvalue weighted by atomic mass is 9.91. The van der Waals surface area contributed by atoms with Crippen molar-refractivity contribution in [3.8, 4) is 22.3 Å². The molecule has 39 heavy (non-hydrogen) atoms. The summed E-state index contributed by atoms with van der Waals surface area (Å²) < 4.78 is 26.4. The first-order valence-electron chi connectivity index (χ1n) is 12.3. The number of carbonyl (C=O) groups is 3. The van der Waals surface area contributed by atoms with Crippen LogP contribution in [-0.2, 0) is 0 Å². The molecule has 0 N–H and O–H groups in total. The van der Waals surface area contributed by atoms with E-state index in [0.717, 1.165) is 22.3 Å². The zero-order valence-corrected chi connectivity index (χ0v) is 21.0. The van der Waals surface area contributed by atoms with Crippen LogP contribution in [0.25, 0.3) is 22.3 Å². The van der Waals surface area contributed by atoms with Crippen molar-refractivity contribution < 1.29 is 23.2 Å². The Bertz CT molecular complexity index is 1680. The third-order valence-corrected chi connectivity index (χ3v) is 6.55. The van der Waals surface area contributed by atoms with Crippen molar-refractivity contribution in [1.82, 2.24) is 0 Å². The smallest absolute Gasteiger partial charge is 0.193 e. The Morgan fingerprint density at radius 2 is 0.821 bits per heavy atom. The summed E-state index contributed by atoms with van der Waals surface area (Å²) in [6, 6.07) is 30.4. The van der Waals surface area contributed by atoms with Crippen LogP contribution < -0.4 is 0 Å². The minimum absolute atomic E-state index is 0.110. The molecule has 0 amide bonds. The molecule has 0 unspecified atom stereocenters. The zero-order chi connectivity index (χ0) is 27.5. The number of ketones is 3. The molecule has 0 bridgehead atoms. The van der Waals surface area contributed by atoms with Gasteiger partial charge in [0.15, 0.2) is 17.3 Å². The summed E-state index contributed by atoms with van der Waals surface area (Å²) in [5.74, 6) is -1.34. The van der Waals surface area contributed by atoms with Gasteiger partial charge in [-0.2, -0.15) is 0 Å². The van der Waals surface area contributed by atoms with E-state index in [2.05, 4.69) is 0 Å². The van der Waals surface area contributed by atoms with Crippen molar-refractivity contribution in [2.24, 2.45) is 0 Å². The van der Waals surface area contributed by atoms with E-state index in [4.69, 9.17) is 0 Å². The van der Waals surface area contributed by atoms with E-state index in [9.17, 15) is 23.2 Å². The average Bonchev–Trinajstić information content (AvgIpc) is 2.97. The average molecular weight is 517 g/mol. The van der Waals surface area contributed by atoms with Gasteiger partial charge in [-0.25, -0.2) is 8.78 Å². The first-order valence-corrected chi connectivity index (χ1v) is 12.3. The lowest BCUT2D eigenvalue weighted by Gasteiger charge is -2.12. The molecule has 3 nitrogen and oxygen atoms in total. The lowest BCUT2D eigenvalue weighted by molar-refractivity contribution is 0.101. The fourth-order valence-electron chi connectivity index (χ4n) is 4.42. The molecule has 0 aromatic heterocycles. The van der Waals surface area contributed by atoms with E-state index < -0.39 is 11.6 Å². The van der Waals surface area contributed by atoms with Gasteiger partial charge in [0, 0.05) is 27.8 Å². The molecule has 0 fully saturated rings. The van der Waals surface area contributed by atoms with Crippen LogP contribution >= 0.6 is 0 Å². The highest BCUT2D eigenvalue weighted by Crippen LogP contribution is 2.30. The van der Waals surface area contributed by atoms with Crippen molar-refractivity contribution in [2.75, 3.05) is 0 Å². The molecule has 190 valence electrons. The van der Waals surface area contributed by atoms with Gasteiger partial charge in [0.1, 0.15) is 11.6 Å². The molecule has 5 aromatic carbocycles. The van der Waals surface area contributed by atoms with Crippen LogP contribution in [0, 0.1) is 11.6 Å². The van der Waals surface area contributed by atoms with E-state index in [1.807, 2.05) is 30.3 Å². The normalized spacial score (nSPS) is 10.7. The van der Waals surface area contributed by atoms with Crippen LogP contribution in [0.1, 0.15) is 49.1 Å². The fourth-order valence-corrected chi connectivity index (χ4v) is 4.42. The van der Waals surface area contributed by atoms with E-state index in [0.29, 0.717) is 27.8 Å². The summed E-state index contributed by atoms with van der Waals surface area (Å²) in [6.07, 6.45) is 0. The highest BCUT2D eigenvalue weighted by atomic mass is 19.1. The van der Waals surface area contributed by atoms with Gasteiger partial charge in [-0.05, 0) is 83.8 Å². The highest BCUT2D eigenvalue weighted by molar-refractivity contribution is 6.10. The molecule has 0 aliphatic rings. The molecule has 0 saturated heterocycles. The largest absolute Gasteiger partial charge is 0.294 e. The van der Waals surface area contributed by atoms with Crippen molar-refractivity contribution in [2.45, 2.75) is 6.92 Å². The second-order valence-electron chi connectivity index (χ2n) is 9.14. The maximum Gasteiger partial charge on any atom is 0.193 e. The molecule has 5 aromatic rings. The number of hydrogen-bond acceptors (Lipinski definition) is 3. The summed E-state index contributed by atoms with van der Waals surface area (Å²) in [6.45, 7) is 1.50. The highest BCUT2D eigenvalue weighted by Gasteiger charge is 2.15. The maximum absolute atomic E-state index is 13.2. The van der Waals surface area contributed by atoms with E-state index in [1.165, 1.54) is 55.5 Å². The lowest BCUT2D eigenvalue weighted by Crippen LogP contribution is -2.02. The van der Waals surface area contributed by atoms with Crippen molar-refractivity contribution in [1.29, 1.82) is 0 Å². The van der Waals surface area contributed by atoms with Gasteiger partial charge >= 0.3 is 0 Å². The van der Waals surface area contributed by atoms with Gasteiger partial charge in [0.2, 0.25) is 0 Å². The Balaban J connectivity index is 1.40. The van der Waals surface area contributed by atoms with Gasteiger partial charge in [-0.15, -0.1) is 0 Å². The molecule has 5 rings (SSSR count). The Morgan fingerprint density at radius 3 is 1.23 bits per heavy atom. The monoisotopic (exact) mass is 516 g/mol. The number of hydrogen-bond donors (Lipinski definition) is 0. The third-order valence-electron chi connectivity index (χ3n) is 6.55.